The van der Waals surface area contributed by atoms with Crippen LogP contribution in [0, 0.1) is 18.7 Å². The van der Waals surface area contributed by atoms with Crippen molar-refractivity contribution in [2.24, 2.45) is 5.92 Å². The Morgan fingerprint density at radius 2 is 1.77 bits per heavy atom. The molecule has 0 spiro atoms. The zero-order chi connectivity index (χ0) is 28.5. The standard InChI is InChI=1S/C28H33FN2O6S2/c1-19-8-11-25(12-9-19)38(33,34)30(4)17-27-20(2)16-31(21(3)18-32)39(35,36)28-13-10-23(15-26(28)37-27)22-6-5-7-24(29)14-22/h5-15,20-21,27,32H,16-18H2,1-4H3/t20-,21-,27+/m0/s1. The number of likely N-dealkylation sites (N-methyl/N-ethyl adjacent to an activating group) is 1. The first kappa shape index (κ1) is 29.2. The van der Waals surface area contributed by atoms with Gasteiger partial charge < -0.3 is 9.84 Å². The fraction of sp³-hybridized carbons (Fsp3) is 0.357. The minimum atomic E-state index is -4.08. The van der Waals surface area contributed by atoms with E-state index in [1.807, 2.05) is 6.92 Å². The van der Waals surface area contributed by atoms with E-state index in [4.69, 9.17) is 4.74 Å². The number of nitrogens with zero attached hydrogens (tertiary/aromatic N) is 2. The molecule has 0 radical (unpaired) electrons. The maximum Gasteiger partial charge on any atom is 0.247 e. The van der Waals surface area contributed by atoms with E-state index < -0.39 is 50.5 Å². The van der Waals surface area contributed by atoms with Gasteiger partial charge in [0.15, 0.2) is 0 Å². The lowest BCUT2D eigenvalue weighted by Gasteiger charge is -2.37. The Labute approximate surface area is 229 Å². The number of benzene rings is 3. The van der Waals surface area contributed by atoms with Crippen LogP contribution in [0.25, 0.3) is 11.1 Å². The highest BCUT2D eigenvalue weighted by molar-refractivity contribution is 7.89. The molecule has 1 N–H and O–H groups in total. The van der Waals surface area contributed by atoms with Crippen molar-refractivity contribution >= 4 is 20.0 Å². The van der Waals surface area contributed by atoms with Crippen LogP contribution in [0.3, 0.4) is 0 Å². The first-order valence-electron chi connectivity index (χ1n) is 12.6. The molecule has 3 atom stereocenters. The second-order valence-corrected chi connectivity index (χ2v) is 13.9. The Bertz CT molecular complexity index is 1540. The van der Waals surface area contributed by atoms with E-state index >= 15 is 0 Å². The molecule has 0 saturated carbocycles. The van der Waals surface area contributed by atoms with Crippen LogP contribution in [0.15, 0.2) is 76.5 Å². The molecular weight excluding hydrogens is 543 g/mol. The molecule has 0 fully saturated rings. The van der Waals surface area contributed by atoms with Crippen LogP contribution in [0.5, 0.6) is 5.75 Å². The summed E-state index contributed by atoms with van der Waals surface area (Å²) in [7, 11) is -6.47. The predicted molar refractivity (Wildman–Crippen MR) is 147 cm³/mol. The number of hydrogen-bond acceptors (Lipinski definition) is 6. The van der Waals surface area contributed by atoms with Crippen molar-refractivity contribution in [3.8, 4) is 16.9 Å². The van der Waals surface area contributed by atoms with Crippen LogP contribution in [-0.2, 0) is 20.0 Å². The van der Waals surface area contributed by atoms with Gasteiger partial charge in [-0.25, -0.2) is 21.2 Å². The average Bonchev–Trinajstić information content (AvgIpc) is 2.90. The van der Waals surface area contributed by atoms with Gasteiger partial charge in [-0.3, -0.25) is 0 Å². The maximum atomic E-state index is 13.9. The van der Waals surface area contributed by atoms with Crippen LogP contribution < -0.4 is 4.74 Å². The quantitative estimate of drug-likeness (QED) is 0.458. The predicted octanol–water partition coefficient (Wildman–Crippen LogP) is 3.89. The summed E-state index contributed by atoms with van der Waals surface area (Å²) in [5.74, 6) is -0.856. The molecule has 3 aromatic carbocycles. The summed E-state index contributed by atoms with van der Waals surface area (Å²) in [5.41, 5.74) is 2.00. The number of rotatable bonds is 7. The van der Waals surface area contributed by atoms with Crippen molar-refractivity contribution < 1.29 is 31.1 Å². The van der Waals surface area contributed by atoms with Crippen LogP contribution in [0.1, 0.15) is 19.4 Å². The molecule has 0 unspecified atom stereocenters. The van der Waals surface area contributed by atoms with E-state index in [9.17, 15) is 26.3 Å². The molecule has 1 heterocycles. The smallest absolute Gasteiger partial charge is 0.247 e. The summed E-state index contributed by atoms with van der Waals surface area (Å²) in [6, 6.07) is 16.2. The lowest BCUT2D eigenvalue weighted by atomic mass is 10.0. The molecule has 39 heavy (non-hydrogen) atoms. The summed E-state index contributed by atoms with van der Waals surface area (Å²) in [5, 5.41) is 9.84. The minimum absolute atomic E-state index is 0.0121. The first-order chi connectivity index (χ1) is 18.3. The summed E-state index contributed by atoms with van der Waals surface area (Å²) >= 11 is 0. The van der Waals surface area contributed by atoms with E-state index in [-0.39, 0.29) is 28.6 Å². The van der Waals surface area contributed by atoms with Gasteiger partial charge in [-0.05, 0) is 61.4 Å². The molecule has 210 valence electrons. The number of aryl methyl sites for hydroxylation is 1. The van der Waals surface area contributed by atoms with Crippen LogP contribution >= 0.6 is 0 Å². The van der Waals surface area contributed by atoms with Gasteiger partial charge in [0.1, 0.15) is 22.6 Å². The van der Waals surface area contributed by atoms with Gasteiger partial charge in [0.2, 0.25) is 20.0 Å². The highest BCUT2D eigenvalue weighted by atomic mass is 32.2. The molecule has 8 nitrogen and oxygen atoms in total. The Morgan fingerprint density at radius 3 is 2.41 bits per heavy atom. The maximum absolute atomic E-state index is 13.9. The molecule has 4 rings (SSSR count). The average molecular weight is 577 g/mol. The van der Waals surface area contributed by atoms with Gasteiger partial charge in [0.25, 0.3) is 0 Å². The molecule has 1 aliphatic rings. The van der Waals surface area contributed by atoms with Crippen molar-refractivity contribution in [3.05, 3.63) is 78.1 Å². The molecule has 0 aliphatic carbocycles. The van der Waals surface area contributed by atoms with E-state index in [2.05, 4.69) is 0 Å². The number of aliphatic hydroxyl groups is 1. The Kier molecular flexibility index (Phi) is 8.48. The van der Waals surface area contributed by atoms with Crippen molar-refractivity contribution in [1.82, 2.24) is 8.61 Å². The van der Waals surface area contributed by atoms with Gasteiger partial charge in [0.05, 0.1) is 18.0 Å². The summed E-state index contributed by atoms with van der Waals surface area (Å²) < 4.78 is 76.7. The summed E-state index contributed by atoms with van der Waals surface area (Å²) in [6.45, 7) is 4.82. The third-order valence-electron chi connectivity index (χ3n) is 6.99. The van der Waals surface area contributed by atoms with E-state index in [1.165, 1.54) is 39.9 Å². The van der Waals surface area contributed by atoms with E-state index in [0.717, 1.165) is 5.56 Å². The number of halogens is 1. The molecular formula is C28H33FN2O6S2. The van der Waals surface area contributed by atoms with E-state index in [1.54, 1.807) is 56.3 Å². The summed E-state index contributed by atoms with van der Waals surface area (Å²) in [4.78, 5) is 0.0323. The zero-order valence-corrected chi connectivity index (χ0v) is 23.9. The topological polar surface area (TPSA) is 104 Å². The molecule has 0 amide bonds. The van der Waals surface area contributed by atoms with Gasteiger partial charge in [-0.15, -0.1) is 0 Å². The number of ether oxygens (including phenoxy) is 1. The molecule has 0 saturated heterocycles. The van der Waals surface area contributed by atoms with E-state index in [0.29, 0.717) is 11.1 Å². The lowest BCUT2D eigenvalue weighted by Crippen LogP contribution is -2.50. The van der Waals surface area contributed by atoms with Crippen LogP contribution in [0.4, 0.5) is 4.39 Å². The van der Waals surface area contributed by atoms with Crippen molar-refractivity contribution in [1.29, 1.82) is 0 Å². The van der Waals surface area contributed by atoms with Gasteiger partial charge >= 0.3 is 0 Å². The van der Waals surface area contributed by atoms with Crippen LogP contribution in [0.2, 0.25) is 0 Å². The summed E-state index contributed by atoms with van der Waals surface area (Å²) in [6.07, 6.45) is -0.736. The van der Waals surface area contributed by atoms with Gasteiger partial charge in [0, 0.05) is 25.6 Å². The van der Waals surface area contributed by atoms with Crippen molar-refractivity contribution in [2.75, 3.05) is 26.7 Å². The zero-order valence-electron chi connectivity index (χ0n) is 22.3. The highest BCUT2D eigenvalue weighted by Crippen LogP contribution is 2.37. The molecule has 1 aliphatic heterocycles. The molecule has 11 heteroatoms. The first-order valence-corrected chi connectivity index (χ1v) is 15.4. The largest absolute Gasteiger partial charge is 0.487 e. The van der Waals surface area contributed by atoms with Crippen molar-refractivity contribution in [2.45, 2.75) is 42.7 Å². The minimum Gasteiger partial charge on any atom is -0.487 e. The van der Waals surface area contributed by atoms with Gasteiger partial charge in [-0.1, -0.05) is 42.8 Å². The molecule has 0 bridgehead atoms. The Balaban J connectivity index is 1.77. The Hall–Kier alpha value is -2.83. The molecule has 3 aromatic rings. The second kappa shape index (κ2) is 11.3. The monoisotopic (exact) mass is 576 g/mol. The SMILES string of the molecule is Cc1ccc(S(=O)(=O)N(C)C[C@H]2Oc3cc(-c4cccc(F)c4)ccc3S(=O)(=O)N([C@@H](C)CO)C[C@@H]2C)cc1. The fourth-order valence-electron chi connectivity index (χ4n) is 4.53. The normalized spacial score (nSPS) is 20.5. The number of sulfonamides is 2. The lowest BCUT2D eigenvalue weighted by molar-refractivity contribution is 0.0905. The van der Waals surface area contributed by atoms with Crippen LogP contribution in [-0.4, -0.2) is 69.4 Å². The van der Waals surface area contributed by atoms with Gasteiger partial charge in [-0.2, -0.15) is 8.61 Å². The fourth-order valence-corrected chi connectivity index (χ4v) is 7.54. The number of fused-ring (bicyclic) bond motifs is 1. The third-order valence-corrected chi connectivity index (χ3v) is 10.8. The third kappa shape index (κ3) is 6.02. The highest BCUT2D eigenvalue weighted by Gasteiger charge is 2.39. The second-order valence-electron chi connectivity index (χ2n) is 10.0. The van der Waals surface area contributed by atoms with Crippen molar-refractivity contribution in [3.63, 3.8) is 0 Å². The molecule has 0 aromatic heterocycles. The number of hydrogen-bond donors (Lipinski definition) is 1. The Morgan fingerprint density at radius 1 is 1.10 bits per heavy atom. The number of aliphatic hydroxyl groups excluding tert-OH is 1.